The van der Waals surface area contributed by atoms with Crippen molar-refractivity contribution in [2.45, 2.75) is 30.0 Å². The summed E-state index contributed by atoms with van der Waals surface area (Å²) >= 11 is 7.33. The molecule has 2 amide bonds. The molecule has 2 aromatic heterocycles. The van der Waals surface area contributed by atoms with Gasteiger partial charge < -0.3 is 15.0 Å². The van der Waals surface area contributed by atoms with Crippen LogP contribution in [0.2, 0.25) is 5.02 Å². The van der Waals surface area contributed by atoms with Crippen molar-refractivity contribution in [3.05, 3.63) is 59.0 Å². The van der Waals surface area contributed by atoms with Crippen LogP contribution in [-0.4, -0.2) is 26.4 Å². The molecule has 6 nitrogen and oxygen atoms in total. The van der Waals surface area contributed by atoms with Crippen molar-refractivity contribution in [3.8, 4) is 0 Å². The lowest BCUT2D eigenvalue weighted by molar-refractivity contribution is -0.124. The number of aromatic nitrogens is 2. The Morgan fingerprint density at radius 2 is 2.22 bits per heavy atom. The number of imidazole rings is 1. The molecule has 3 aromatic rings. The molecule has 1 atom stereocenters. The highest BCUT2D eigenvalue weighted by atomic mass is 35.5. The Hall–Kier alpha value is -2.51. The highest BCUT2D eigenvalue weighted by Gasteiger charge is 2.29. The van der Waals surface area contributed by atoms with Gasteiger partial charge in [0.25, 0.3) is 0 Å². The molecular formula is C19H17ClN4O2S. The molecule has 138 valence electrons. The second-order valence-corrected chi connectivity index (χ2v) is 8.10. The number of carbonyl (C=O) groups excluding carboxylic acids is 2. The van der Waals surface area contributed by atoms with Gasteiger partial charge in [0, 0.05) is 28.7 Å². The fourth-order valence-corrected chi connectivity index (χ4v) is 4.17. The average Bonchev–Trinajstić information content (AvgIpc) is 3.03. The number of amides is 2. The molecule has 4 rings (SSSR count). The molecule has 0 bridgehead atoms. The summed E-state index contributed by atoms with van der Waals surface area (Å²) in [7, 11) is 0. The van der Waals surface area contributed by atoms with Crippen molar-refractivity contribution >= 4 is 46.5 Å². The summed E-state index contributed by atoms with van der Waals surface area (Å²) in [5.41, 5.74) is 3.44. The van der Waals surface area contributed by atoms with Crippen LogP contribution in [0.4, 0.5) is 5.69 Å². The van der Waals surface area contributed by atoms with Gasteiger partial charge in [0.05, 0.1) is 23.2 Å². The zero-order valence-electron chi connectivity index (χ0n) is 14.5. The number of hydrogen-bond acceptors (Lipinski definition) is 4. The minimum absolute atomic E-state index is 0.102. The van der Waals surface area contributed by atoms with Gasteiger partial charge in [-0.1, -0.05) is 11.6 Å². The van der Waals surface area contributed by atoms with Crippen molar-refractivity contribution in [3.63, 3.8) is 0 Å². The van der Waals surface area contributed by atoms with Crippen molar-refractivity contribution in [2.75, 3.05) is 5.32 Å². The van der Waals surface area contributed by atoms with E-state index in [-0.39, 0.29) is 18.2 Å². The van der Waals surface area contributed by atoms with Crippen LogP contribution in [0.1, 0.15) is 17.7 Å². The molecule has 0 aliphatic carbocycles. The zero-order chi connectivity index (χ0) is 19.0. The number of thioether (sulfide) groups is 1. The maximum atomic E-state index is 12.3. The summed E-state index contributed by atoms with van der Waals surface area (Å²) in [6.07, 6.45) is 3.93. The molecule has 1 aliphatic rings. The van der Waals surface area contributed by atoms with E-state index in [2.05, 4.69) is 15.6 Å². The normalized spacial score (nSPS) is 16.1. The van der Waals surface area contributed by atoms with E-state index in [9.17, 15) is 9.59 Å². The summed E-state index contributed by atoms with van der Waals surface area (Å²) in [5, 5.41) is 5.75. The largest absolute Gasteiger partial charge is 0.350 e. The quantitative estimate of drug-likeness (QED) is 0.703. The Morgan fingerprint density at radius 3 is 3.07 bits per heavy atom. The number of aryl methyl sites for hydroxylation is 1. The van der Waals surface area contributed by atoms with E-state index in [1.54, 1.807) is 12.1 Å². The number of fused-ring (bicyclic) bond motifs is 2. The van der Waals surface area contributed by atoms with Gasteiger partial charge in [-0.3, -0.25) is 9.59 Å². The van der Waals surface area contributed by atoms with Crippen LogP contribution in [0.25, 0.3) is 5.65 Å². The lowest BCUT2D eigenvalue weighted by atomic mass is 10.2. The van der Waals surface area contributed by atoms with Gasteiger partial charge >= 0.3 is 0 Å². The summed E-state index contributed by atoms with van der Waals surface area (Å²) in [6.45, 7) is 2.33. The Bertz CT molecular complexity index is 1050. The zero-order valence-corrected chi connectivity index (χ0v) is 16.1. The van der Waals surface area contributed by atoms with Crippen molar-refractivity contribution in [2.24, 2.45) is 0 Å². The molecule has 1 aromatic carbocycles. The van der Waals surface area contributed by atoms with Crippen LogP contribution < -0.4 is 10.6 Å². The summed E-state index contributed by atoms with van der Waals surface area (Å²) in [6, 6.07) is 9.32. The van der Waals surface area contributed by atoms with Crippen LogP contribution in [0, 0.1) is 6.92 Å². The van der Waals surface area contributed by atoms with Crippen molar-refractivity contribution < 1.29 is 9.59 Å². The topological polar surface area (TPSA) is 75.5 Å². The second-order valence-electron chi connectivity index (χ2n) is 6.42. The number of anilines is 1. The number of nitrogens with one attached hydrogen (secondary N) is 2. The standard InChI is InChI=1S/C19H17ClN4O2S/c1-11-4-5-24-10-13(22-17(24)6-11)9-21-18(25)8-16-19(26)23-14-7-12(20)2-3-15(14)27-16/h2-7,10,16H,8-9H2,1H3,(H,21,25)(H,23,26). The molecule has 2 N–H and O–H groups in total. The number of hydrogen-bond donors (Lipinski definition) is 2. The summed E-state index contributed by atoms with van der Waals surface area (Å²) in [5.74, 6) is -0.374. The first-order chi connectivity index (χ1) is 13.0. The number of carbonyl (C=O) groups is 2. The van der Waals surface area contributed by atoms with E-state index in [0.717, 1.165) is 21.8 Å². The number of pyridine rings is 1. The molecule has 0 saturated heterocycles. The van der Waals surface area contributed by atoms with Crippen molar-refractivity contribution in [1.29, 1.82) is 0 Å². The molecule has 0 fully saturated rings. The smallest absolute Gasteiger partial charge is 0.238 e. The van der Waals surface area contributed by atoms with Gasteiger partial charge in [0.15, 0.2) is 0 Å². The third kappa shape index (κ3) is 3.94. The van der Waals surface area contributed by atoms with Gasteiger partial charge in [-0.25, -0.2) is 4.98 Å². The maximum absolute atomic E-state index is 12.3. The van der Waals surface area contributed by atoms with Crippen LogP contribution in [-0.2, 0) is 16.1 Å². The van der Waals surface area contributed by atoms with E-state index < -0.39 is 5.25 Å². The fourth-order valence-electron chi connectivity index (χ4n) is 2.91. The predicted molar refractivity (Wildman–Crippen MR) is 106 cm³/mol. The Balaban J connectivity index is 1.37. The van der Waals surface area contributed by atoms with Crippen LogP contribution >= 0.6 is 23.4 Å². The van der Waals surface area contributed by atoms with Gasteiger partial charge in [0.1, 0.15) is 5.65 Å². The van der Waals surface area contributed by atoms with Gasteiger partial charge in [0.2, 0.25) is 11.8 Å². The fraction of sp³-hybridized carbons (Fsp3) is 0.211. The molecule has 1 aliphatic heterocycles. The highest BCUT2D eigenvalue weighted by Crippen LogP contribution is 2.38. The Kier molecular flexibility index (Phi) is 4.80. The molecule has 0 radical (unpaired) electrons. The molecular weight excluding hydrogens is 384 g/mol. The van der Waals surface area contributed by atoms with E-state index in [1.807, 2.05) is 41.9 Å². The molecule has 0 saturated carbocycles. The first kappa shape index (κ1) is 17.9. The minimum Gasteiger partial charge on any atom is -0.350 e. The second kappa shape index (κ2) is 7.25. The summed E-state index contributed by atoms with van der Waals surface area (Å²) in [4.78, 5) is 30.0. The lowest BCUT2D eigenvalue weighted by Gasteiger charge is -2.23. The molecule has 27 heavy (non-hydrogen) atoms. The van der Waals surface area contributed by atoms with Gasteiger partial charge in [-0.15, -0.1) is 11.8 Å². The Morgan fingerprint density at radius 1 is 1.37 bits per heavy atom. The van der Waals surface area contributed by atoms with Gasteiger partial charge in [-0.2, -0.15) is 0 Å². The molecule has 1 unspecified atom stereocenters. The van der Waals surface area contributed by atoms with Gasteiger partial charge in [-0.05, 0) is 42.8 Å². The number of rotatable bonds is 4. The van der Waals surface area contributed by atoms with Crippen LogP contribution in [0.3, 0.4) is 0 Å². The first-order valence-corrected chi connectivity index (χ1v) is 9.72. The number of nitrogens with zero attached hydrogens (tertiary/aromatic N) is 2. The average molecular weight is 401 g/mol. The van der Waals surface area contributed by atoms with E-state index in [0.29, 0.717) is 17.3 Å². The number of halogens is 1. The first-order valence-electron chi connectivity index (χ1n) is 8.46. The third-order valence-corrected chi connectivity index (χ3v) is 5.77. The maximum Gasteiger partial charge on any atom is 0.238 e. The molecule has 8 heteroatoms. The minimum atomic E-state index is -0.470. The number of benzene rings is 1. The van der Waals surface area contributed by atoms with E-state index in [1.165, 1.54) is 11.8 Å². The molecule has 3 heterocycles. The van der Waals surface area contributed by atoms with E-state index in [4.69, 9.17) is 11.6 Å². The van der Waals surface area contributed by atoms with Crippen molar-refractivity contribution in [1.82, 2.24) is 14.7 Å². The summed E-state index contributed by atoms with van der Waals surface area (Å²) < 4.78 is 1.92. The predicted octanol–water partition coefficient (Wildman–Crippen LogP) is 3.42. The third-order valence-electron chi connectivity index (χ3n) is 4.26. The van der Waals surface area contributed by atoms with Crippen LogP contribution in [0.15, 0.2) is 47.6 Å². The lowest BCUT2D eigenvalue weighted by Crippen LogP contribution is -2.34. The highest BCUT2D eigenvalue weighted by molar-refractivity contribution is 8.01. The Labute approximate surface area is 165 Å². The van der Waals surface area contributed by atoms with Crippen LogP contribution in [0.5, 0.6) is 0 Å². The molecule has 0 spiro atoms. The monoisotopic (exact) mass is 400 g/mol. The van der Waals surface area contributed by atoms with E-state index >= 15 is 0 Å². The SMILES string of the molecule is Cc1ccn2cc(CNC(=O)CC3Sc4ccc(Cl)cc4NC3=O)nc2c1.